The van der Waals surface area contributed by atoms with Gasteiger partial charge in [-0.2, -0.15) is 0 Å². The Morgan fingerprint density at radius 2 is 2.00 bits per heavy atom. The van der Waals surface area contributed by atoms with Gasteiger partial charge in [0.15, 0.2) is 0 Å². The van der Waals surface area contributed by atoms with Crippen LogP contribution >= 0.6 is 0 Å². The van der Waals surface area contributed by atoms with E-state index < -0.39 is 10.0 Å². The van der Waals surface area contributed by atoms with Crippen molar-refractivity contribution in [1.82, 2.24) is 9.97 Å². The SMILES string of the molecule is CCc1ccc(Nc2cc(C)ncn2)cc1NS(=O)(=O)C1CC1. The van der Waals surface area contributed by atoms with E-state index in [9.17, 15) is 8.42 Å². The summed E-state index contributed by atoms with van der Waals surface area (Å²) in [6.07, 6.45) is 3.74. The highest BCUT2D eigenvalue weighted by Crippen LogP contribution is 2.32. The molecule has 3 rings (SSSR count). The molecule has 0 amide bonds. The fraction of sp³-hybridized carbons (Fsp3) is 0.375. The normalized spacial score (nSPS) is 14.5. The third-order valence-corrected chi connectivity index (χ3v) is 5.64. The van der Waals surface area contributed by atoms with Crippen molar-refractivity contribution in [1.29, 1.82) is 0 Å². The molecular formula is C16H20N4O2S. The van der Waals surface area contributed by atoms with Crippen LogP contribution in [0.5, 0.6) is 0 Å². The van der Waals surface area contributed by atoms with Crippen molar-refractivity contribution in [2.24, 2.45) is 0 Å². The molecule has 0 unspecified atom stereocenters. The van der Waals surface area contributed by atoms with Crippen molar-refractivity contribution < 1.29 is 8.42 Å². The zero-order valence-corrected chi connectivity index (χ0v) is 14.0. The lowest BCUT2D eigenvalue weighted by atomic mass is 10.1. The number of anilines is 3. The molecule has 0 saturated heterocycles. The quantitative estimate of drug-likeness (QED) is 0.849. The van der Waals surface area contributed by atoms with Crippen molar-refractivity contribution in [3.05, 3.63) is 41.9 Å². The molecule has 1 aromatic heterocycles. The summed E-state index contributed by atoms with van der Waals surface area (Å²) >= 11 is 0. The van der Waals surface area contributed by atoms with Gasteiger partial charge in [-0.3, -0.25) is 4.72 Å². The van der Waals surface area contributed by atoms with Gasteiger partial charge in [0, 0.05) is 17.4 Å². The Hall–Kier alpha value is -2.15. The fourth-order valence-electron chi connectivity index (χ4n) is 2.34. The molecule has 1 heterocycles. The number of hydrogen-bond donors (Lipinski definition) is 2. The first kappa shape index (κ1) is 15.7. The molecule has 23 heavy (non-hydrogen) atoms. The van der Waals surface area contributed by atoms with Crippen molar-refractivity contribution >= 4 is 27.2 Å². The van der Waals surface area contributed by atoms with Gasteiger partial charge in [-0.1, -0.05) is 13.0 Å². The third kappa shape index (κ3) is 3.79. The lowest BCUT2D eigenvalue weighted by Gasteiger charge is -2.14. The molecule has 122 valence electrons. The molecule has 6 nitrogen and oxygen atoms in total. The second kappa shape index (κ2) is 6.16. The van der Waals surface area contributed by atoms with Crippen LogP contribution in [-0.2, 0) is 16.4 Å². The van der Waals surface area contributed by atoms with E-state index >= 15 is 0 Å². The largest absolute Gasteiger partial charge is 0.340 e. The van der Waals surface area contributed by atoms with E-state index in [1.54, 1.807) is 0 Å². The minimum atomic E-state index is -3.27. The molecule has 0 spiro atoms. The molecule has 0 atom stereocenters. The lowest BCUT2D eigenvalue weighted by Crippen LogP contribution is -2.18. The number of aryl methyl sites for hydroxylation is 2. The average molecular weight is 332 g/mol. The number of rotatable bonds is 6. The Labute approximate surface area is 136 Å². The van der Waals surface area contributed by atoms with Crippen LogP contribution in [0.15, 0.2) is 30.6 Å². The summed E-state index contributed by atoms with van der Waals surface area (Å²) in [7, 11) is -3.27. The van der Waals surface area contributed by atoms with Crippen LogP contribution in [0, 0.1) is 6.92 Å². The van der Waals surface area contributed by atoms with Crippen LogP contribution in [0.3, 0.4) is 0 Å². The van der Waals surface area contributed by atoms with Gasteiger partial charge < -0.3 is 5.32 Å². The van der Waals surface area contributed by atoms with Crippen LogP contribution in [0.25, 0.3) is 0 Å². The van der Waals surface area contributed by atoms with E-state index in [-0.39, 0.29) is 5.25 Å². The first-order chi connectivity index (χ1) is 11.0. The monoisotopic (exact) mass is 332 g/mol. The second-order valence-corrected chi connectivity index (χ2v) is 7.70. The Bertz CT molecular complexity index is 817. The van der Waals surface area contributed by atoms with Gasteiger partial charge in [0.1, 0.15) is 12.1 Å². The Kier molecular flexibility index (Phi) is 4.21. The average Bonchev–Trinajstić information content (AvgIpc) is 3.32. The van der Waals surface area contributed by atoms with Crippen LogP contribution < -0.4 is 10.0 Å². The summed E-state index contributed by atoms with van der Waals surface area (Å²) in [6, 6.07) is 7.50. The number of benzene rings is 1. The highest BCUT2D eigenvalue weighted by molar-refractivity contribution is 7.93. The minimum absolute atomic E-state index is 0.242. The number of sulfonamides is 1. The summed E-state index contributed by atoms with van der Waals surface area (Å²) < 4.78 is 27.1. The van der Waals surface area contributed by atoms with Crippen molar-refractivity contribution in [2.45, 2.75) is 38.4 Å². The Balaban J connectivity index is 1.86. The maximum Gasteiger partial charge on any atom is 0.235 e. The van der Waals surface area contributed by atoms with E-state index in [2.05, 4.69) is 20.0 Å². The molecule has 0 bridgehead atoms. The standard InChI is InChI=1S/C16H20N4O2S/c1-3-12-4-5-13(19-16-8-11(2)17-10-18-16)9-15(12)20-23(21,22)14-6-7-14/h4-5,8-10,14,20H,3,6-7H2,1-2H3,(H,17,18,19). The molecule has 1 aliphatic carbocycles. The van der Waals surface area contributed by atoms with Crippen molar-refractivity contribution in [2.75, 3.05) is 10.0 Å². The smallest absolute Gasteiger partial charge is 0.235 e. The van der Waals surface area contributed by atoms with Gasteiger partial charge >= 0.3 is 0 Å². The maximum absolute atomic E-state index is 12.2. The molecular weight excluding hydrogens is 312 g/mol. The molecule has 1 fully saturated rings. The van der Waals surface area contributed by atoms with Gasteiger partial charge in [0.05, 0.1) is 10.9 Å². The minimum Gasteiger partial charge on any atom is -0.340 e. The molecule has 7 heteroatoms. The number of nitrogens with one attached hydrogen (secondary N) is 2. The number of hydrogen-bond acceptors (Lipinski definition) is 5. The zero-order chi connectivity index (χ0) is 16.4. The predicted molar refractivity (Wildman–Crippen MR) is 91.4 cm³/mol. The fourth-order valence-corrected chi connectivity index (χ4v) is 3.76. The van der Waals surface area contributed by atoms with Crippen molar-refractivity contribution in [3.8, 4) is 0 Å². The van der Waals surface area contributed by atoms with Crippen LogP contribution in [0.1, 0.15) is 31.0 Å². The number of aromatic nitrogens is 2. The third-order valence-electron chi connectivity index (χ3n) is 3.78. The summed E-state index contributed by atoms with van der Waals surface area (Å²) in [4.78, 5) is 8.22. The van der Waals surface area contributed by atoms with E-state index in [4.69, 9.17) is 0 Å². The van der Waals surface area contributed by atoms with Gasteiger partial charge in [0.25, 0.3) is 0 Å². The molecule has 1 aliphatic rings. The Morgan fingerprint density at radius 3 is 2.65 bits per heavy atom. The summed E-state index contributed by atoms with van der Waals surface area (Å²) in [5.74, 6) is 0.678. The molecule has 2 aromatic rings. The van der Waals surface area contributed by atoms with E-state index in [1.165, 1.54) is 6.33 Å². The molecule has 0 radical (unpaired) electrons. The van der Waals surface area contributed by atoms with Crippen LogP contribution in [0.4, 0.5) is 17.2 Å². The van der Waals surface area contributed by atoms with Gasteiger partial charge in [0.2, 0.25) is 10.0 Å². The van der Waals surface area contributed by atoms with E-state index in [0.29, 0.717) is 11.5 Å². The number of nitrogens with zero attached hydrogens (tertiary/aromatic N) is 2. The first-order valence-corrected chi connectivity index (χ1v) is 9.23. The first-order valence-electron chi connectivity index (χ1n) is 7.68. The van der Waals surface area contributed by atoms with Crippen LogP contribution in [-0.4, -0.2) is 23.6 Å². The van der Waals surface area contributed by atoms with Crippen LogP contribution in [0.2, 0.25) is 0 Å². The molecule has 1 aromatic carbocycles. The predicted octanol–water partition coefficient (Wildman–Crippen LogP) is 3.00. The van der Waals surface area contributed by atoms with Gasteiger partial charge in [-0.15, -0.1) is 0 Å². The van der Waals surface area contributed by atoms with E-state index in [0.717, 1.165) is 36.2 Å². The highest BCUT2D eigenvalue weighted by atomic mass is 32.2. The molecule has 1 saturated carbocycles. The molecule has 0 aliphatic heterocycles. The lowest BCUT2D eigenvalue weighted by molar-refractivity contribution is 0.600. The van der Waals surface area contributed by atoms with Gasteiger partial charge in [-0.05, 0) is 43.9 Å². The second-order valence-electron chi connectivity index (χ2n) is 5.74. The van der Waals surface area contributed by atoms with E-state index in [1.807, 2.05) is 38.1 Å². The topological polar surface area (TPSA) is 84.0 Å². The zero-order valence-electron chi connectivity index (χ0n) is 13.2. The highest BCUT2D eigenvalue weighted by Gasteiger charge is 2.36. The summed E-state index contributed by atoms with van der Waals surface area (Å²) in [6.45, 7) is 3.90. The maximum atomic E-state index is 12.2. The molecule has 2 N–H and O–H groups in total. The summed E-state index contributed by atoms with van der Waals surface area (Å²) in [5.41, 5.74) is 3.25. The van der Waals surface area contributed by atoms with Gasteiger partial charge in [-0.25, -0.2) is 18.4 Å². The van der Waals surface area contributed by atoms with Crippen molar-refractivity contribution in [3.63, 3.8) is 0 Å². The Morgan fingerprint density at radius 1 is 1.22 bits per heavy atom. The summed E-state index contributed by atoms with van der Waals surface area (Å²) in [5, 5.41) is 2.94.